The van der Waals surface area contributed by atoms with Gasteiger partial charge in [0.25, 0.3) is 5.91 Å². The molecule has 0 bridgehead atoms. The van der Waals surface area contributed by atoms with Gasteiger partial charge in [0.15, 0.2) is 6.61 Å². The second-order valence-corrected chi connectivity index (χ2v) is 9.02. The summed E-state index contributed by atoms with van der Waals surface area (Å²) in [5.74, 6) is 1.11. The van der Waals surface area contributed by atoms with Crippen molar-refractivity contribution >= 4 is 17.5 Å². The molecule has 5 heteroatoms. The van der Waals surface area contributed by atoms with E-state index in [1.165, 1.54) is 11.1 Å². The van der Waals surface area contributed by atoms with Gasteiger partial charge in [0.2, 0.25) is 0 Å². The number of rotatable bonds is 6. The zero-order chi connectivity index (χ0) is 22.5. The van der Waals surface area contributed by atoms with Crippen LogP contribution in [0.1, 0.15) is 46.7 Å². The molecule has 1 fully saturated rings. The summed E-state index contributed by atoms with van der Waals surface area (Å²) in [5.41, 5.74) is 5.54. The van der Waals surface area contributed by atoms with Gasteiger partial charge in [-0.2, -0.15) is 0 Å². The van der Waals surface area contributed by atoms with Gasteiger partial charge in [0, 0.05) is 35.9 Å². The second kappa shape index (κ2) is 10.2. The summed E-state index contributed by atoms with van der Waals surface area (Å²) in [6.45, 7) is 5.56. The number of likely N-dealkylation sites (tertiary alicyclic amines) is 1. The first kappa shape index (κ1) is 22.3. The predicted octanol–water partition coefficient (Wildman–Crippen LogP) is 5.73. The van der Waals surface area contributed by atoms with Gasteiger partial charge in [-0.1, -0.05) is 48.0 Å². The molecule has 0 spiro atoms. The maximum atomic E-state index is 12.8. The van der Waals surface area contributed by atoms with Crippen molar-refractivity contribution < 1.29 is 9.53 Å². The van der Waals surface area contributed by atoms with Gasteiger partial charge in [-0.3, -0.25) is 9.78 Å². The van der Waals surface area contributed by atoms with Crippen LogP contribution < -0.4 is 4.74 Å². The molecule has 0 unspecified atom stereocenters. The Morgan fingerprint density at radius 3 is 2.47 bits per heavy atom. The highest BCUT2D eigenvalue weighted by Crippen LogP contribution is 2.27. The van der Waals surface area contributed by atoms with E-state index in [1.807, 2.05) is 67.4 Å². The third kappa shape index (κ3) is 5.49. The Bertz CT molecular complexity index is 1040. The van der Waals surface area contributed by atoms with E-state index in [9.17, 15) is 4.79 Å². The highest BCUT2D eigenvalue weighted by atomic mass is 35.5. The fraction of sp³-hybridized carbons (Fsp3) is 0.333. The first-order chi connectivity index (χ1) is 15.5. The highest BCUT2D eigenvalue weighted by Gasteiger charge is 2.26. The Morgan fingerprint density at radius 1 is 1.06 bits per heavy atom. The number of para-hydroxylation sites is 1. The number of aromatic nitrogens is 1. The lowest BCUT2D eigenvalue weighted by atomic mass is 9.93. The maximum Gasteiger partial charge on any atom is 0.260 e. The van der Waals surface area contributed by atoms with Gasteiger partial charge in [-0.25, -0.2) is 0 Å². The molecule has 1 atom stereocenters. The Hall–Kier alpha value is -2.85. The van der Waals surface area contributed by atoms with Crippen LogP contribution in [-0.2, 0) is 11.2 Å². The van der Waals surface area contributed by atoms with E-state index in [-0.39, 0.29) is 18.4 Å². The van der Waals surface area contributed by atoms with Crippen LogP contribution in [0, 0.1) is 13.8 Å². The molecule has 0 radical (unpaired) electrons. The van der Waals surface area contributed by atoms with Crippen molar-refractivity contribution in [1.29, 1.82) is 0 Å². The minimum absolute atomic E-state index is 0.0386. The van der Waals surface area contributed by atoms with E-state index in [1.54, 1.807) is 0 Å². The number of hydrogen-bond donors (Lipinski definition) is 0. The van der Waals surface area contributed by atoms with Gasteiger partial charge >= 0.3 is 0 Å². The number of piperidine rings is 1. The van der Waals surface area contributed by atoms with Crippen molar-refractivity contribution in [3.63, 3.8) is 0 Å². The largest absolute Gasteiger partial charge is 0.483 e. The number of hydrogen-bond acceptors (Lipinski definition) is 3. The third-order valence-electron chi connectivity index (χ3n) is 6.11. The standard InChI is InChI=1S/C27H29ClN2O2/c1-19-5-3-6-20(2)27(19)32-18-26(31)30-14-4-7-23(17-30)25-13-10-22(16-29-25)15-21-8-11-24(28)12-9-21/h3,5-6,8-13,16,23H,4,7,14-15,17-18H2,1-2H3/t23-/m0/s1. The summed E-state index contributed by atoms with van der Waals surface area (Å²) in [6, 6.07) is 18.2. The van der Waals surface area contributed by atoms with E-state index in [4.69, 9.17) is 21.3 Å². The molecule has 166 valence electrons. The van der Waals surface area contributed by atoms with Crippen LogP contribution in [0.25, 0.3) is 0 Å². The smallest absolute Gasteiger partial charge is 0.260 e. The van der Waals surface area contributed by atoms with Crippen molar-refractivity contribution in [3.8, 4) is 5.75 Å². The van der Waals surface area contributed by atoms with Crippen LogP contribution in [0.3, 0.4) is 0 Å². The lowest BCUT2D eigenvalue weighted by Crippen LogP contribution is -2.41. The molecule has 0 saturated carbocycles. The molecule has 32 heavy (non-hydrogen) atoms. The molecule has 1 aliphatic heterocycles. The number of pyridine rings is 1. The van der Waals surface area contributed by atoms with E-state index < -0.39 is 0 Å². The fourth-order valence-corrected chi connectivity index (χ4v) is 4.44. The SMILES string of the molecule is Cc1cccc(C)c1OCC(=O)N1CCC[C@H](c2ccc(Cc3ccc(Cl)cc3)cn2)C1. The van der Waals surface area contributed by atoms with E-state index >= 15 is 0 Å². The number of carbonyl (C=O) groups excluding carboxylic acids is 1. The molecule has 4 nitrogen and oxygen atoms in total. The number of nitrogens with zero attached hydrogens (tertiary/aromatic N) is 2. The normalized spacial score (nSPS) is 16.1. The second-order valence-electron chi connectivity index (χ2n) is 8.58. The number of aryl methyl sites for hydroxylation is 2. The van der Waals surface area contributed by atoms with Crippen molar-refractivity contribution in [1.82, 2.24) is 9.88 Å². The van der Waals surface area contributed by atoms with Crippen LogP contribution in [0.5, 0.6) is 5.75 Å². The van der Waals surface area contributed by atoms with Crippen molar-refractivity contribution in [3.05, 3.63) is 93.8 Å². The van der Waals surface area contributed by atoms with Gasteiger partial charge in [-0.15, -0.1) is 0 Å². The van der Waals surface area contributed by atoms with Crippen LogP contribution in [0.2, 0.25) is 5.02 Å². The van der Waals surface area contributed by atoms with Gasteiger partial charge in [0.05, 0.1) is 0 Å². The number of halogens is 1. The topological polar surface area (TPSA) is 42.4 Å². The number of amides is 1. The molecule has 1 aliphatic rings. The minimum Gasteiger partial charge on any atom is -0.483 e. The van der Waals surface area contributed by atoms with Gasteiger partial charge < -0.3 is 9.64 Å². The van der Waals surface area contributed by atoms with Gasteiger partial charge in [0.1, 0.15) is 5.75 Å². The monoisotopic (exact) mass is 448 g/mol. The molecule has 1 aromatic heterocycles. The predicted molar refractivity (Wildman–Crippen MR) is 128 cm³/mol. The maximum absolute atomic E-state index is 12.8. The molecule has 0 N–H and O–H groups in total. The van der Waals surface area contributed by atoms with E-state index in [0.717, 1.165) is 53.4 Å². The van der Waals surface area contributed by atoms with Crippen LogP contribution in [0.4, 0.5) is 0 Å². The first-order valence-electron chi connectivity index (χ1n) is 11.2. The first-order valence-corrected chi connectivity index (χ1v) is 11.5. The molecule has 2 aromatic carbocycles. The van der Waals surface area contributed by atoms with Crippen molar-refractivity contribution in [2.45, 2.75) is 39.0 Å². The Balaban J connectivity index is 1.35. The molecule has 0 aliphatic carbocycles. The summed E-state index contributed by atoms with van der Waals surface area (Å²) in [4.78, 5) is 19.5. The Kier molecular flexibility index (Phi) is 7.11. The summed E-state index contributed by atoms with van der Waals surface area (Å²) >= 11 is 5.97. The van der Waals surface area contributed by atoms with E-state index in [0.29, 0.717) is 6.54 Å². The van der Waals surface area contributed by atoms with E-state index in [2.05, 4.69) is 12.1 Å². The molecule has 3 aromatic rings. The molecular formula is C27H29ClN2O2. The Morgan fingerprint density at radius 2 is 1.78 bits per heavy atom. The molecule has 4 rings (SSSR count). The summed E-state index contributed by atoms with van der Waals surface area (Å²) in [7, 11) is 0. The lowest BCUT2D eigenvalue weighted by molar-refractivity contribution is -0.134. The van der Waals surface area contributed by atoms with Crippen LogP contribution in [-0.4, -0.2) is 35.5 Å². The van der Waals surface area contributed by atoms with Crippen molar-refractivity contribution in [2.75, 3.05) is 19.7 Å². The zero-order valence-corrected chi connectivity index (χ0v) is 19.4. The number of ether oxygens (including phenoxy) is 1. The highest BCUT2D eigenvalue weighted by molar-refractivity contribution is 6.30. The van der Waals surface area contributed by atoms with Crippen LogP contribution in [0.15, 0.2) is 60.8 Å². The molecule has 2 heterocycles. The zero-order valence-electron chi connectivity index (χ0n) is 18.7. The summed E-state index contributed by atoms with van der Waals surface area (Å²) in [5, 5.41) is 0.748. The summed E-state index contributed by atoms with van der Waals surface area (Å²) < 4.78 is 5.89. The quantitative estimate of drug-likeness (QED) is 0.483. The average molecular weight is 449 g/mol. The number of carbonyl (C=O) groups is 1. The fourth-order valence-electron chi connectivity index (χ4n) is 4.32. The Labute approximate surface area is 195 Å². The molecule has 1 amide bonds. The molecular weight excluding hydrogens is 420 g/mol. The molecule has 1 saturated heterocycles. The van der Waals surface area contributed by atoms with Gasteiger partial charge in [-0.05, 0) is 73.6 Å². The lowest BCUT2D eigenvalue weighted by Gasteiger charge is -2.32. The minimum atomic E-state index is 0.0386. The van der Waals surface area contributed by atoms with Crippen LogP contribution >= 0.6 is 11.6 Å². The number of benzene rings is 2. The third-order valence-corrected chi connectivity index (χ3v) is 6.36. The summed E-state index contributed by atoms with van der Waals surface area (Å²) in [6.07, 6.45) is 4.81. The van der Waals surface area contributed by atoms with Crippen molar-refractivity contribution in [2.24, 2.45) is 0 Å². The average Bonchev–Trinajstić information content (AvgIpc) is 2.81.